The highest BCUT2D eigenvalue weighted by atomic mass is 79.9. The van der Waals surface area contributed by atoms with Crippen molar-refractivity contribution in [3.8, 4) is 0 Å². The van der Waals surface area contributed by atoms with Gasteiger partial charge in [0.1, 0.15) is 10.7 Å². The molecule has 24 heavy (non-hydrogen) atoms. The highest BCUT2D eigenvalue weighted by Gasteiger charge is 2.29. The summed E-state index contributed by atoms with van der Waals surface area (Å²) < 4.78 is 63.4. The van der Waals surface area contributed by atoms with Crippen LogP contribution in [0.4, 0.5) is 19.0 Å². The number of anilines is 1. The van der Waals surface area contributed by atoms with Gasteiger partial charge in [-0.2, -0.15) is 13.2 Å². The van der Waals surface area contributed by atoms with Crippen LogP contribution < -0.4 is 10.0 Å². The third-order valence-corrected chi connectivity index (χ3v) is 5.12. The molecule has 0 amide bonds. The van der Waals surface area contributed by atoms with Crippen LogP contribution in [0.3, 0.4) is 0 Å². The van der Waals surface area contributed by atoms with Crippen LogP contribution in [-0.4, -0.2) is 20.4 Å². The molecule has 0 unspecified atom stereocenters. The molecule has 0 aliphatic carbocycles. The van der Waals surface area contributed by atoms with Crippen LogP contribution in [0.15, 0.2) is 45.9 Å². The predicted octanol–water partition coefficient (Wildman–Crippen LogP) is 3.38. The van der Waals surface area contributed by atoms with E-state index < -0.39 is 21.8 Å². The molecule has 10 heteroatoms. The zero-order valence-electron chi connectivity index (χ0n) is 12.4. The SMILES string of the molecule is CNS(=O)(=O)c1cnc(NCc2ccc(C(F)(F)F)cc2)c(Br)c1. The Morgan fingerprint density at radius 3 is 2.33 bits per heavy atom. The van der Waals surface area contributed by atoms with Gasteiger partial charge in [0.05, 0.1) is 10.0 Å². The molecule has 130 valence electrons. The van der Waals surface area contributed by atoms with Crippen LogP contribution in [-0.2, 0) is 22.7 Å². The summed E-state index contributed by atoms with van der Waals surface area (Å²) in [6.45, 7) is 0.238. The minimum Gasteiger partial charge on any atom is -0.365 e. The van der Waals surface area contributed by atoms with Gasteiger partial charge in [0.2, 0.25) is 10.0 Å². The van der Waals surface area contributed by atoms with Gasteiger partial charge < -0.3 is 5.32 Å². The lowest BCUT2D eigenvalue weighted by Crippen LogP contribution is -2.19. The summed E-state index contributed by atoms with van der Waals surface area (Å²) in [4.78, 5) is 4.00. The zero-order valence-corrected chi connectivity index (χ0v) is 14.8. The lowest BCUT2D eigenvalue weighted by molar-refractivity contribution is -0.137. The van der Waals surface area contributed by atoms with Crippen molar-refractivity contribution >= 4 is 31.8 Å². The second-order valence-electron chi connectivity index (χ2n) is 4.76. The van der Waals surface area contributed by atoms with Gasteiger partial charge in [0.25, 0.3) is 0 Å². The Morgan fingerprint density at radius 1 is 1.21 bits per heavy atom. The number of hydrogen-bond acceptors (Lipinski definition) is 4. The van der Waals surface area contributed by atoms with Crippen molar-refractivity contribution in [1.82, 2.24) is 9.71 Å². The molecule has 0 fully saturated rings. The molecule has 0 aliphatic heterocycles. The topological polar surface area (TPSA) is 71.1 Å². The number of hydrogen-bond donors (Lipinski definition) is 2. The molecule has 5 nitrogen and oxygen atoms in total. The second kappa shape index (κ2) is 7.08. The zero-order chi connectivity index (χ0) is 18.0. The Hall–Kier alpha value is -1.65. The molecule has 2 aromatic rings. The lowest BCUT2D eigenvalue weighted by atomic mass is 10.1. The van der Waals surface area contributed by atoms with Crippen molar-refractivity contribution in [3.05, 3.63) is 52.1 Å². The minimum atomic E-state index is -4.37. The first-order valence-electron chi connectivity index (χ1n) is 6.62. The number of nitrogens with zero attached hydrogens (tertiary/aromatic N) is 1. The van der Waals surface area contributed by atoms with E-state index in [1.165, 1.54) is 31.4 Å². The Labute approximate surface area is 145 Å². The molecule has 2 rings (SSSR count). The van der Waals surface area contributed by atoms with E-state index in [4.69, 9.17) is 0 Å². The van der Waals surface area contributed by atoms with Gasteiger partial charge in [-0.15, -0.1) is 0 Å². The Balaban J connectivity index is 2.10. The first-order chi connectivity index (χ1) is 11.1. The number of sulfonamides is 1. The molecule has 0 spiro atoms. The quantitative estimate of drug-likeness (QED) is 0.772. The predicted molar refractivity (Wildman–Crippen MR) is 87.0 cm³/mol. The van der Waals surface area contributed by atoms with E-state index in [-0.39, 0.29) is 11.4 Å². The van der Waals surface area contributed by atoms with E-state index in [9.17, 15) is 21.6 Å². The summed E-state index contributed by atoms with van der Waals surface area (Å²) in [6.07, 6.45) is -3.18. The molecule has 1 aromatic heterocycles. The maximum atomic E-state index is 12.5. The van der Waals surface area contributed by atoms with Gasteiger partial charge in [0.15, 0.2) is 0 Å². The number of nitrogens with one attached hydrogen (secondary N) is 2. The maximum Gasteiger partial charge on any atom is 0.416 e. The van der Waals surface area contributed by atoms with Crippen molar-refractivity contribution in [1.29, 1.82) is 0 Å². The van der Waals surface area contributed by atoms with Crippen LogP contribution in [0.5, 0.6) is 0 Å². The normalized spacial score (nSPS) is 12.2. The highest BCUT2D eigenvalue weighted by Crippen LogP contribution is 2.29. The summed E-state index contributed by atoms with van der Waals surface area (Å²) in [5, 5.41) is 2.93. The van der Waals surface area contributed by atoms with Gasteiger partial charge in [-0.05, 0) is 46.7 Å². The summed E-state index contributed by atoms with van der Waals surface area (Å²) in [7, 11) is -2.31. The summed E-state index contributed by atoms with van der Waals surface area (Å²) in [5.74, 6) is 0.380. The van der Waals surface area contributed by atoms with Crippen molar-refractivity contribution in [2.75, 3.05) is 12.4 Å². The molecule has 0 bridgehead atoms. The average molecular weight is 424 g/mol. The van der Waals surface area contributed by atoms with Crippen LogP contribution in [0, 0.1) is 0 Å². The molecule has 1 aromatic carbocycles. The first kappa shape index (κ1) is 18.7. The molecule has 2 N–H and O–H groups in total. The van der Waals surface area contributed by atoms with E-state index in [1.54, 1.807) is 0 Å². The third kappa shape index (κ3) is 4.46. The van der Waals surface area contributed by atoms with E-state index in [0.29, 0.717) is 15.9 Å². The molecule has 0 saturated carbocycles. The van der Waals surface area contributed by atoms with E-state index in [2.05, 4.69) is 31.0 Å². The Bertz CT molecular complexity index is 824. The van der Waals surface area contributed by atoms with Gasteiger partial charge in [-0.3, -0.25) is 0 Å². The maximum absolute atomic E-state index is 12.5. The third-order valence-electron chi connectivity index (χ3n) is 3.14. The second-order valence-corrected chi connectivity index (χ2v) is 7.50. The fraction of sp³-hybridized carbons (Fsp3) is 0.214. The fourth-order valence-electron chi connectivity index (χ4n) is 1.81. The van der Waals surface area contributed by atoms with Crippen LogP contribution in [0.2, 0.25) is 0 Å². The number of halogens is 4. The van der Waals surface area contributed by atoms with Gasteiger partial charge >= 0.3 is 6.18 Å². The molecular formula is C14H13BrF3N3O2S. The van der Waals surface area contributed by atoms with Crippen molar-refractivity contribution in [3.63, 3.8) is 0 Å². The minimum absolute atomic E-state index is 0.00282. The van der Waals surface area contributed by atoms with Gasteiger partial charge in [0, 0.05) is 12.7 Å². The molecule has 0 radical (unpaired) electrons. The lowest BCUT2D eigenvalue weighted by Gasteiger charge is -2.11. The molecule has 0 aliphatic rings. The van der Waals surface area contributed by atoms with Gasteiger partial charge in [-0.1, -0.05) is 12.1 Å². The van der Waals surface area contributed by atoms with Crippen LogP contribution in [0.1, 0.15) is 11.1 Å². The van der Waals surface area contributed by atoms with E-state index in [1.807, 2.05) is 0 Å². The standard InChI is InChI=1S/C14H13BrF3N3O2S/c1-19-24(22,23)11-6-12(15)13(21-8-11)20-7-9-2-4-10(5-3-9)14(16,17)18/h2-6,8,19H,7H2,1H3,(H,20,21). The van der Waals surface area contributed by atoms with Crippen molar-refractivity contribution < 1.29 is 21.6 Å². The van der Waals surface area contributed by atoms with Crippen LogP contribution in [0.25, 0.3) is 0 Å². The van der Waals surface area contributed by atoms with Crippen molar-refractivity contribution in [2.45, 2.75) is 17.6 Å². The number of aromatic nitrogens is 1. The van der Waals surface area contributed by atoms with E-state index in [0.717, 1.165) is 12.1 Å². The summed E-state index contributed by atoms with van der Waals surface area (Å²) >= 11 is 3.21. The average Bonchev–Trinajstić information content (AvgIpc) is 2.53. The monoisotopic (exact) mass is 423 g/mol. The molecule has 0 atom stereocenters. The molecular weight excluding hydrogens is 411 g/mol. The molecule has 1 heterocycles. The number of rotatable bonds is 5. The Kier molecular flexibility index (Phi) is 5.51. The van der Waals surface area contributed by atoms with E-state index >= 15 is 0 Å². The number of pyridine rings is 1. The summed E-state index contributed by atoms with van der Waals surface area (Å²) in [5.41, 5.74) is -0.0872. The van der Waals surface area contributed by atoms with Crippen molar-refractivity contribution in [2.24, 2.45) is 0 Å². The fourth-order valence-corrected chi connectivity index (χ4v) is 3.15. The summed E-state index contributed by atoms with van der Waals surface area (Å²) in [6, 6.07) is 6.12. The first-order valence-corrected chi connectivity index (χ1v) is 8.90. The largest absolute Gasteiger partial charge is 0.416 e. The number of benzene rings is 1. The van der Waals surface area contributed by atoms with Crippen LogP contribution >= 0.6 is 15.9 Å². The Morgan fingerprint density at radius 2 is 1.83 bits per heavy atom. The smallest absolute Gasteiger partial charge is 0.365 e. The van der Waals surface area contributed by atoms with Gasteiger partial charge in [-0.25, -0.2) is 18.1 Å². The highest BCUT2D eigenvalue weighted by molar-refractivity contribution is 9.10. The number of alkyl halides is 3. The molecule has 0 saturated heterocycles.